The van der Waals surface area contributed by atoms with Crippen molar-refractivity contribution in [2.45, 2.75) is 26.2 Å². The Balaban J connectivity index is 1.57. The summed E-state index contributed by atoms with van der Waals surface area (Å²) >= 11 is 0. The van der Waals surface area contributed by atoms with Gasteiger partial charge in [-0.1, -0.05) is 18.2 Å². The first-order valence-electron chi connectivity index (χ1n) is 9.65. The fourth-order valence-electron chi connectivity index (χ4n) is 2.88. The first kappa shape index (κ1) is 21.2. The van der Waals surface area contributed by atoms with E-state index < -0.39 is 4.92 Å². The molecule has 0 fully saturated rings. The zero-order valence-electron chi connectivity index (χ0n) is 16.3. The lowest BCUT2D eigenvalue weighted by Crippen LogP contribution is -2.30. The number of amides is 1. The summed E-state index contributed by atoms with van der Waals surface area (Å²) in [6.07, 6.45) is 2.06. The number of benzene rings is 2. The number of nitro benzene ring substituents is 1. The Bertz CT molecular complexity index is 735. The zero-order valence-corrected chi connectivity index (χ0v) is 16.3. The van der Waals surface area contributed by atoms with Crippen molar-refractivity contribution in [2.75, 3.05) is 36.4 Å². The molecule has 0 saturated heterocycles. The fourth-order valence-corrected chi connectivity index (χ4v) is 2.88. The molecule has 1 amide bonds. The largest absolute Gasteiger partial charge is 0.385 e. The molecular weight excluding hydrogens is 356 g/mol. The number of carbonyl (C=O) groups is 1. The molecule has 0 atom stereocenters. The van der Waals surface area contributed by atoms with E-state index >= 15 is 0 Å². The van der Waals surface area contributed by atoms with E-state index in [1.165, 1.54) is 17.8 Å². The van der Waals surface area contributed by atoms with Crippen LogP contribution >= 0.6 is 0 Å². The molecule has 0 aliphatic heterocycles. The molecule has 0 unspecified atom stereocenters. The third kappa shape index (κ3) is 7.26. The molecule has 0 heterocycles. The second-order valence-electron chi connectivity index (χ2n) is 6.45. The Morgan fingerprint density at radius 2 is 1.75 bits per heavy atom. The Labute approximate surface area is 165 Å². The summed E-state index contributed by atoms with van der Waals surface area (Å²) in [4.78, 5) is 24.4. The predicted octanol–water partition coefficient (Wildman–Crippen LogP) is 3.82. The normalized spacial score (nSPS) is 10.3. The smallest absolute Gasteiger partial charge is 0.269 e. The van der Waals surface area contributed by atoms with Crippen LogP contribution in [-0.2, 0) is 4.79 Å². The molecule has 0 bridgehead atoms. The number of hydrogen-bond acceptors (Lipinski definition) is 5. The highest BCUT2D eigenvalue weighted by Crippen LogP contribution is 2.15. The van der Waals surface area contributed by atoms with Crippen LogP contribution in [0.3, 0.4) is 0 Å². The minimum absolute atomic E-state index is 0.0493. The van der Waals surface area contributed by atoms with Crippen LogP contribution in [0.4, 0.5) is 17.1 Å². The molecule has 0 aliphatic rings. The minimum Gasteiger partial charge on any atom is -0.385 e. The molecule has 150 valence electrons. The van der Waals surface area contributed by atoms with Crippen molar-refractivity contribution in [1.82, 2.24) is 5.32 Å². The molecule has 2 rings (SSSR count). The number of nitrogens with zero attached hydrogens (tertiary/aromatic N) is 2. The van der Waals surface area contributed by atoms with Crippen molar-refractivity contribution in [3.8, 4) is 0 Å². The molecule has 0 aromatic heterocycles. The van der Waals surface area contributed by atoms with Gasteiger partial charge in [0.2, 0.25) is 5.91 Å². The van der Waals surface area contributed by atoms with Crippen molar-refractivity contribution in [3.63, 3.8) is 0 Å². The number of nitro groups is 1. The molecule has 0 radical (unpaired) electrons. The van der Waals surface area contributed by atoms with E-state index in [9.17, 15) is 14.9 Å². The highest BCUT2D eigenvalue weighted by atomic mass is 16.6. The van der Waals surface area contributed by atoms with Crippen LogP contribution in [0.15, 0.2) is 54.6 Å². The van der Waals surface area contributed by atoms with E-state index in [4.69, 9.17) is 0 Å². The van der Waals surface area contributed by atoms with Crippen molar-refractivity contribution >= 4 is 23.0 Å². The predicted molar refractivity (Wildman–Crippen MR) is 113 cm³/mol. The summed E-state index contributed by atoms with van der Waals surface area (Å²) in [5.41, 5.74) is 2.08. The van der Waals surface area contributed by atoms with Crippen LogP contribution in [0.5, 0.6) is 0 Å². The zero-order chi connectivity index (χ0) is 20.2. The van der Waals surface area contributed by atoms with Crippen molar-refractivity contribution in [1.29, 1.82) is 0 Å². The second-order valence-corrected chi connectivity index (χ2v) is 6.45. The molecule has 0 aliphatic carbocycles. The highest BCUT2D eigenvalue weighted by Gasteiger charge is 2.05. The van der Waals surface area contributed by atoms with Crippen LogP contribution in [0, 0.1) is 10.1 Å². The van der Waals surface area contributed by atoms with Gasteiger partial charge in [0.25, 0.3) is 5.69 Å². The topological polar surface area (TPSA) is 87.5 Å². The van der Waals surface area contributed by atoms with Crippen LogP contribution in [0.1, 0.15) is 26.2 Å². The maximum Gasteiger partial charge on any atom is 0.269 e. The minimum atomic E-state index is -0.423. The molecule has 2 N–H and O–H groups in total. The summed E-state index contributed by atoms with van der Waals surface area (Å²) < 4.78 is 0. The average molecular weight is 384 g/mol. The maximum atomic E-state index is 11.9. The van der Waals surface area contributed by atoms with Crippen LogP contribution in [0.25, 0.3) is 0 Å². The number of para-hydroxylation sites is 1. The Morgan fingerprint density at radius 3 is 2.39 bits per heavy atom. The van der Waals surface area contributed by atoms with Gasteiger partial charge in [-0.15, -0.1) is 0 Å². The van der Waals surface area contributed by atoms with Crippen molar-refractivity contribution < 1.29 is 9.72 Å². The Hall–Kier alpha value is -3.09. The average Bonchev–Trinajstić information content (AvgIpc) is 2.72. The number of hydrogen-bond donors (Lipinski definition) is 2. The lowest BCUT2D eigenvalue weighted by Gasteiger charge is -2.23. The van der Waals surface area contributed by atoms with E-state index in [1.54, 1.807) is 12.1 Å². The number of carbonyl (C=O) groups excluding carboxylic acids is 1. The molecule has 2 aromatic carbocycles. The fraction of sp³-hybridized carbons (Fsp3) is 0.381. The number of anilines is 2. The maximum absolute atomic E-state index is 11.9. The molecule has 0 saturated carbocycles. The van der Waals surface area contributed by atoms with Crippen LogP contribution in [-0.4, -0.2) is 37.0 Å². The van der Waals surface area contributed by atoms with Gasteiger partial charge in [0.1, 0.15) is 0 Å². The molecular formula is C21H28N4O3. The lowest BCUT2D eigenvalue weighted by atomic mass is 10.2. The third-order valence-corrected chi connectivity index (χ3v) is 4.42. The summed E-state index contributed by atoms with van der Waals surface area (Å²) in [6, 6.07) is 16.5. The monoisotopic (exact) mass is 384 g/mol. The van der Waals surface area contributed by atoms with E-state index in [0.29, 0.717) is 25.9 Å². The van der Waals surface area contributed by atoms with Gasteiger partial charge in [-0.05, 0) is 44.0 Å². The van der Waals surface area contributed by atoms with Gasteiger partial charge < -0.3 is 15.5 Å². The summed E-state index contributed by atoms with van der Waals surface area (Å²) in [5.74, 6) is 0.0493. The van der Waals surface area contributed by atoms with Gasteiger partial charge in [-0.25, -0.2) is 0 Å². The van der Waals surface area contributed by atoms with Crippen LogP contribution in [0.2, 0.25) is 0 Å². The first-order valence-corrected chi connectivity index (χ1v) is 9.65. The summed E-state index contributed by atoms with van der Waals surface area (Å²) in [5, 5.41) is 16.7. The molecule has 7 nitrogen and oxygen atoms in total. The van der Waals surface area contributed by atoms with Gasteiger partial charge in [-0.2, -0.15) is 0 Å². The lowest BCUT2D eigenvalue weighted by molar-refractivity contribution is -0.384. The van der Waals surface area contributed by atoms with E-state index in [-0.39, 0.29) is 11.6 Å². The molecule has 7 heteroatoms. The van der Waals surface area contributed by atoms with Crippen LogP contribution < -0.4 is 15.5 Å². The van der Waals surface area contributed by atoms with E-state index in [1.807, 2.05) is 18.2 Å². The van der Waals surface area contributed by atoms with Gasteiger partial charge in [0.15, 0.2) is 0 Å². The summed E-state index contributed by atoms with van der Waals surface area (Å²) in [7, 11) is 0. The summed E-state index contributed by atoms with van der Waals surface area (Å²) in [6.45, 7) is 5.28. The SMILES string of the molecule is CCN(CCCNC(=O)CCCNc1ccc([N+](=O)[O-])cc1)c1ccccc1. The number of non-ortho nitro benzene ring substituents is 1. The van der Waals surface area contributed by atoms with Gasteiger partial charge >= 0.3 is 0 Å². The second kappa shape index (κ2) is 11.6. The number of rotatable bonds is 12. The van der Waals surface area contributed by atoms with E-state index in [2.05, 4.69) is 34.6 Å². The van der Waals surface area contributed by atoms with Gasteiger partial charge in [-0.3, -0.25) is 14.9 Å². The van der Waals surface area contributed by atoms with Crippen molar-refractivity contribution in [2.24, 2.45) is 0 Å². The Morgan fingerprint density at radius 1 is 1.04 bits per heavy atom. The Kier molecular flexibility index (Phi) is 8.78. The standard InChI is InChI=1S/C21H28N4O3/c1-2-24(19-8-4-3-5-9-19)17-7-16-23-21(26)10-6-15-22-18-11-13-20(14-12-18)25(27)28/h3-5,8-9,11-14,22H,2,6-7,10,15-17H2,1H3,(H,23,26). The van der Waals surface area contributed by atoms with Gasteiger partial charge in [0, 0.05) is 56.1 Å². The number of nitrogens with one attached hydrogen (secondary N) is 2. The third-order valence-electron chi connectivity index (χ3n) is 4.42. The van der Waals surface area contributed by atoms with E-state index in [0.717, 1.165) is 25.2 Å². The van der Waals surface area contributed by atoms with Gasteiger partial charge in [0.05, 0.1) is 4.92 Å². The van der Waals surface area contributed by atoms with Crippen molar-refractivity contribution in [3.05, 3.63) is 64.7 Å². The molecule has 0 spiro atoms. The first-order chi connectivity index (χ1) is 13.6. The molecule has 28 heavy (non-hydrogen) atoms. The quantitative estimate of drug-likeness (QED) is 0.330. The highest BCUT2D eigenvalue weighted by molar-refractivity contribution is 5.75. The molecule has 2 aromatic rings.